The van der Waals surface area contributed by atoms with Crippen molar-refractivity contribution in [1.82, 2.24) is 10.5 Å². The summed E-state index contributed by atoms with van der Waals surface area (Å²) in [6.07, 6.45) is 10.8. The first-order valence-corrected chi connectivity index (χ1v) is 12.5. The predicted molar refractivity (Wildman–Crippen MR) is 126 cm³/mol. The third-order valence-electron chi connectivity index (χ3n) is 4.75. The number of nitrogens with zero attached hydrogens (tertiary/aromatic N) is 1. The summed E-state index contributed by atoms with van der Waals surface area (Å²) in [6.45, 7) is 0.543. The van der Waals surface area contributed by atoms with Crippen molar-refractivity contribution in [3.8, 4) is 0 Å². The largest absolute Gasteiger partial charge is 0.350 e. The van der Waals surface area contributed by atoms with E-state index in [1.54, 1.807) is 54.7 Å². The lowest BCUT2D eigenvalue weighted by Gasteiger charge is -2.21. The van der Waals surface area contributed by atoms with Gasteiger partial charge in [-0.2, -0.15) is 8.42 Å². The Bertz CT molecular complexity index is 1130. The Balaban J connectivity index is 1.47. The van der Waals surface area contributed by atoms with Crippen molar-refractivity contribution in [3.05, 3.63) is 77.1 Å². The van der Waals surface area contributed by atoms with E-state index in [-0.39, 0.29) is 12.4 Å². The predicted octanol–water partition coefficient (Wildman–Crippen LogP) is 3.04. The number of rotatable bonds is 10. The first-order valence-electron chi connectivity index (χ1n) is 10.7. The molecule has 10 heteroatoms. The summed E-state index contributed by atoms with van der Waals surface area (Å²) < 4.78 is 32.2. The average molecular weight is 487 g/mol. The molecule has 1 amide bonds. The molecule has 0 radical (unpaired) electrons. The number of ketones is 1. The fraction of sp³-hybridized carbons (Fsp3) is 0.292. The Morgan fingerprint density at radius 2 is 1.91 bits per heavy atom. The van der Waals surface area contributed by atoms with Crippen LogP contribution in [-0.4, -0.2) is 44.2 Å². The van der Waals surface area contributed by atoms with Gasteiger partial charge in [-0.15, -0.1) is 0 Å². The highest BCUT2D eigenvalue weighted by Gasteiger charge is 2.15. The quantitative estimate of drug-likeness (QED) is 0.235. The zero-order chi connectivity index (χ0) is 24.4. The van der Waals surface area contributed by atoms with Crippen LogP contribution in [0.1, 0.15) is 46.4 Å². The Morgan fingerprint density at radius 1 is 1.12 bits per heavy atom. The van der Waals surface area contributed by atoms with Crippen LogP contribution in [0.15, 0.2) is 54.7 Å². The lowest BCUT2D eigenvalue weighted by molar-refractivity contribution is -0.198. The summed E-state index contributed by atoms with van der Waals surface area (Å²) in [7, 11) is -3.52. The van der Waals surface area contributed by atoms with E-state index in [4.69, 9.17) is 13.8 Å². The molecule has 34 heavy (non-hydrogen) atoms. The normalized spacial score (nSPS) is 16.7. The van der Waals surface area contributed by atoms with Gasteiger partial charge in [-0.1, -0.05) is 30.3 Å². The molecule has 1 saturated heterocycles. The van der Waals surface area contributed by atoms with Crippen molar-refractivity contribution in [1.29, 1.82) is 0 Å². The van der Waals surface area contributed by atoms with Gasteiger partial charge >= 0.3 is 0 Å². The first kappa shape index (κ1) is 25.4. The number of aromatic nitrogens is 1. The van der Waals surface area contributed by atoms with Crippen molar-refractivity contribution in [2.24, 2.45) is 0 Å². The molecule has 1 N–H and O–H groups in total. The highest BCUT2D eigenvalue weighted by molar-refractivity contribution is 7.85. The number of benzene rings is 1. The van der Waals surface area contributed by atoms with E-state index in [0.29, 0.717) is 29.0 Å². The molecule has 0 spiro atoms. The van der Waals surface area contributed by atoms with Crippen LogP contribution in [0.25, 0.3) is 12.2 Å². The van der Waals surface area contributed by atoms with Gasteiger partial charge in [0.05, 0.1) is 18.6 Å². The van der Waals surface area contributed by atoms with Crippen LogP contribution < -0.4 is 5.48 Å². The zero-order valence-corrected chi connectivity index (χ0v) is 19.5. The van der Waals surface area contributed by atoms with Crippen LogP contribution in [0.4, 0.5) is 0 Å². The van der Waals surface area contributed by atoms with E-state index < -0.39 is 22.3 Å². The van der Waals surface area contributed by atoms with Gasteiger partial charge in [-0.25, -0.2) is 10.3 Å². The summed E-state index contributed by atoms with van der Waals surface area (Å²) in [6, 6.07) is 9.97. The highest BCUT2D eigenvalue weighted by Crippen LogP contribution is 2.13. The lowest BCUT2D eigenvalue weighted by atomic mass is 10.1. The molecule has 2 heterocycles. The Hall–Kier alpha value is -3.18. The smallest absolute Gasteiger partial charge is 0.267 e. The number of ether oxygens (including phenoxy) is 1. The van der Waals surface area contributed by atoms with E-state index in [9.17, 15) is 18.0 Å². The van der Waals surface area contributed by atoms with Crippen LogP contribution in [0.5, 0.6) is 0 Å². The molecule has 1 aromatic carbocycles. The fourth-order valence-corrected chi connectivity index (χ4v) is 3.30. The van der Waals surface area contributed by atoms with Gasteiger partial charge in [0.25, 0.3) is 16.0 Å². The summed E-state index contributed by atoms with van der Waals surface area (Å²) in [4.78, 5) is 33.7. The van der Waals surface area contributed by atoms with E-state index in [0.717, 1.165) is 25.5 Å². The summed E-state index contributed by atoms with van der Waals surface area (Å²) >= 11 is 0. The Kier molecular flexibility index (Phi) is 9.23. The maximum atomic E-state index is 12.4. The molecule has 1 atom stereocenters. The molecule has 3 rings (SSSR count). The van der Waals surface area contributed by atoms with E-state index in [2.05, 4.69) is 10.5 Å². The molecule has 1 aliphatic heterocycles. The second-order valence-electron chi connectivity index (χ2n) is 7.59. The van der Waals surface area contributed by atoms with Crippen LogP contribution in [0.2, 0.25) is 0 Å². The number of nitrogens with one attached hydrogen (secondary N) is 1. The second kappa shape index (κ2) is 12.3. The summed E-state index contributed by atoms with van der Waals surface area (Å²) in [5, 5.41) is 0. The lowest BCUT2D eigenvalue weighted by Crippen LogP contribution is -2.32. The highest BCUT2D eigenvalue weighted by atomic mass is 32.2. The molecule has 1 unspecified atom stereocenters. The molecule has 0 saturated carbocycles. The van der Waals surface area contributed by atoms with Crippen molar-refractivity contribution < 1.29 is 31.8 Å². The molecule has 9 nitrogen and oxygen atoms in total. The second-order valence-corrected chi connectivity index (χ2v) is 9.23. The van der Waals surface area contributed by atoms with Crippen molar-refractivity contribution in [2.75, 3.05) is 12.9 Å². The number of hydrogen-bond acceptors (Lipinski definition) is 8. The molecule has 180 valence electrons. The average Bonchev–Trinajstić information content (AvgIpc) is 2.84. The third-order valence-corrected chi connectivity index (χ3v) is 5.29. The maximum Gasteiger partial charge on any atom is 0.267 e. The number of hydrogen-bond donors (Lipinski definition) is 1. The molecule has 0 bridgehead atoms. The summed E-state index contributed by atoms with van der Waals surface area (Å²) in [5.41, 5.74) is 4.72. The minimum absolute atomic E-state index is 0.0841. The van der Waals surface area contributed by atoms with E-state index in [1.807, 2.05) is 0 Å². The number of hydroxylamine groups is 1. The first-order chi connectivity index (χ1) is 16.3. The molecule has 1 aliphatic rings. The number of pyridine rings is 1. The molecule has 1 aromatic heterocycles. The van der Waals surface area contributed by atoms with Gasteiger partial charge in [0.2, 0.25) is 0 Å². The molecule has 2 aromatic rings. The van der Waals surface area contributed by atoms with Crippen molar-refractivity contribution >= 4 is 34.0 Å². The van der Waals surface area contributed by atoms with Crippen molar-refractivity contribution in [3.63, 3.8) is 0 Å². The monoisotopic (exact) mass is 486 g/mol. The molecule has 0 aliphatic carbocycles. The van der Waals surface area contributed by atoms with E-state index in [1.165, 1.54) is 12.2 Å². The van der Waals surface area contributed by atoms with Crippen LogP contribution in [0, 0.1) is 0 Å². The van der Waals surface area contributed by atoms with Gasteiger partial charge < -0.3 is 4.74 Å². The number of allylic oxidation sites excluding steroid dienone is 1. The fourth-order valence-electron chi connectivity index (χ4n) is 2.95. The van der Waals surface area contributed by atoms with Gasteiger partial charge in [0, 0.05) is 30.9 Å². The topological polar surface area (TPSA) is 121 Å². The summed E-state index contributed by atoms with van der Waals surface area (Å²) in [5.74, 6) is -0.627. The number of amides is 1. The SMILES string of the molecule is CS(=O)(=O)OCc1ccc(C(=O)C=Cc2ccc(C=CC(=O)NOC3CCCCO3)nc2)cc1. The van der Waals surface area contributed by atoms with Crippen LogP contribution >= 0.6 is 0 Å². The van der Waals surface area contributed by atoms with E-state index >= 15 is 0 Å². The molecular weight excluding hydrogens is 460 g/mol. The van der Waals surface area contributed by atoms with Crippen LogP contribution in [-0.2, 0) is 35.3 Å². The standard InChI is InChI=1S/C24H26N2O7S/c1-34(29,30)32-17-19-5-9-20(10-6-19)22(27)13-8-18-7-11-21(25-16-18)12-14-23(28)26-33-24-4-2-3-15-31-24/h5-14,16,24H,2-4,15,17H2,1H3,(H,26,28). The zero-order valence-electron chi connectivity index (χ0n) is 18.7. The number of carbonyl (C=O) groups excluding carboxylic acids is 2. The Labute approximate surface area is 198 Å². The van der Waals surface area contributed by atoms with Crippen LogP contribution in [0.3, 0.4) is 0 Å². The van der Waals surface area contributed by atoms with Gasteiger partial charge in [-0.05, 0) is 48.3 Å². The molecular formula is C24H26N2O7S. The molecule has 1 fully saturated rings. The van der Waals surface area contributed by atoms with Crippen molar-refractivity contribution in [2.45, 2.75) is 32.2 Å². The maximum absolute atomic E-state index is 12.4. The third kappa shape index (κ3) is 8.99. The number of carbonyl (C=O) groups is 2. The minimum Gasteiger partial charge on any atom is -0.350 e. The minimum atomic E-state index is -3.52. The Morgan fingerprint density at radius 3 is 2.56 bits per heavy atom. The van der Waals surface area contributed by atoms with Gasteiger partial charge in [0.1, 0.15) is 0 Å². The van der Waals surface area contributed by atoms with Gasteiger partial charge in [-0.3, -0.25) is 18.8 Å². The van der Waals surface area contributed by atoms with Gasteiger partial charge in [0.15, 0.2) is 12.1 Å².